The van der Waals surface area contributed by atoms with Crippen LogP contribution in [0.4, 0.5) is 0 Å². The third-order valence-corrected chi connectivity index (χ3v) is 6.31. The van der Waals surface area contributed by atoms with E-state index in [0.717, 1.165) is 0 Å². The molecule has 0 aromatic heterocycles. The molecule has 13 unspecified atom stereocenters. The van der Waals surface area contributed by atoms with E-state index in [1.165, 1.54) is 6.92 Å². The predicted molar refractivity (Wildman–Crippen MR) is 105 cm³/mol. The average Bonchev–Trinajstić information content (AvgIpc) is 2.92. The predicted octanol–water partition coefficient (Wildman–Crippen LogP) is -3.52. The van der Waals surface area contributed by atoms with E-state index in [1.54, 1.807) is 0 Å². The van der Waals surface area contributed by atoms with Crippen LogP contribution in [0, 0.1) is 5.92 Å². The number of rotatable bonds is 6. The van der Waals surface area contributed by atoms with Crippen LogP contribution in [0.2, 0.25) is 0 Å². The van der Waals surface area contributed by atoms with Crippen molar-refractivity contribution in [1.29, 1.82) is 0 Å². The van der Waals surface area contributed by atoms with Gasteiger partial charge in [0.1, 0.15) is 54.9 Å². The van der Waals surface area contributed by atoms with Crippen LogP contribution in [0.3, 0.4) is 0 Å². The van der Waals surface area contributed by atoms with Crippen LogP contribution >= 0.6 is 0 Å². The van der Waals surface area contributed by atoms with Crippen LogP contribution in [0.15, 0.2) is 0 Å². The van der Waals surface area contributed by atoms with E-state index in [0.29, 0.717) is 13.0 Å². The van der Waals surface area contributed by atoms with Gasteiger partial charge in [-0.25, -0.2) is 0 Å². The lowest BCUT2D eigenvalue weighted by molar-refractivity contribution is -0.353. The molecule has 12 heteroatoms. The molecule has 188 valence electrons. The van der Waals surface area contributed by atoms with Gasteiger partial charge in [-0.3, -0.25) is 0 Å². The quantitative estimate of drug-likeness (QED) is 0.204. The Bertz CT molecular complexity index is 579. The zero-order chi connectivity index (χ0) is 23.6. The van der Waals surface area contributed by atoms with Crippen LogP contribution in [-0.2, 0) is 23.7 Å². The molecule has 32 heavy (non-hydrogen) atoms. The van der Waals surface area contributed by atoms with Crippen LogP contribution < -0.4 is 0 Å². The van der Waals surface area contributed by atoms with Gasteiger partial charge in [-0.2, -0.15) is 0 Å². The molecule has 0 bridgehead atoms. The Kier molecular flexibility index (Phi) is 9.23. The van der Waals surface area contributed by atoms with E-state index in [-0.39, 0.29) is 12.5 Å². The highest BCUT2D eigenvalue weighted by Gasteiger charge is 2.51. The van der Waals surface area contributed by atoms with Gasteiger partial charge < -0.3 is 59.4 Å². The van der Waals surface area contributed by atoms with Crippen LogP contribution in [-0.4, -0.2) is 136 Å². The minimum absolute atomic E-state index is 0.0257. The summed E-state index contributed by atoms with van der Waals surface area (Å²) in [5, 5.41) is 71.4. The smallest absolute Gasteiger partial charge is 0.187 e. The van der Waals surface area contributed by atoms with Crippen molar-refractivity contribution in [2.75, 3.05) is 26.4 Å². The molecule has 3 heterocycles. The monoisotopic (exact) mass is 468 g/mol. The SMILES string of the molecule is CC1COCC(O)C(OC2C(OC3C(CO)OC(C)C(O)C3O)OC(CO)C(O)C2O)C1. The van der Waals surface area contributed by atoms with Crippen molar-refractivity contribution in [2.24, 2.45) is 5.92 Å². The number of hydrogen-bond donors (Lipinski definition) is 7. The van der Waals surface area contributed by atoms with E-state index in [1.807, 2.05) is 6.92 Å². The summed E-state index contributed by atoms with van der Waals surface area (Å²) in [5.41, 5.74) is 0. The second-order valence-corrected chi connectivity index (χ2v) is 8.94. The molecule has 3 aliphatic heterocycles. The van der Waals surface area contributed by atoms with Crippen molar-refractivity contribution < 1.29 is 59.4 Å². The molecule has 3 fully saturated rings. The molecule has 0 aliphatic carbocycles. The van der Waals surface area contributed by atoms with Crippen LogP contribution in [0.5, 0.6) is 0 Å². The highest BCUT2D eigenvalue weighted by Crippen LogP contribution is 2.32. The number of aliphatic hydroxyl groups is 7. The maximum absolute atomic E-state index is 10.7. The Morgan fingerprint density at radius 1 is 0.750 bits per heavy atom. The Balaban J connectivity index is 1.82. The molecule has 3 saturated heterocycles. The van der Waals surface area contributed by atoms with Gasteiger partial charge in [-0.15, -0.1) is 0 Å². The van der Waals surface area contributed by atoms with E-state index >= 15 is 0 Å². The van der Waals surface area contributed by atoms with Crippen molar-refractivity contribution in [3.63, 3.8) is 0 Å². The number of aliphatic hydroxyl groups excluding tert-OH is 7. The van der Waals surface area contributed by atoms with E-state index in [2.05, 4.69) is 0 Å². The average molecular weight is 468 g/mol. The third-order valence-electron chi connectivity index (χ3n) is 6.31. The summed E-state index contributed by atoms with van der Waals surface area (Å²) in [6.45, 7) is 2.75. The van der Waals surface area contributed by atoms with Gasteiger partial charge >= 0.3 is 0 Å². The molecule has 13 atom stereocenters. The highest BCUT2D eigenvalue weighted by atomic mass is 16.7. The lowest BCUT2D eigenvalue weighted by Crippen LogP contribution is -2.65. The summed E-state index contributed by atoms with van der Waals surface area (Å²) in [5.74, 6) is 0.0530. The topological polar surface area (TPSA) is 188 Å². The maximum Gasteiger partial charge on any atom is 0.187 e. The summed E-state index contributed by atoms with van der Waals surface area (Å²) in [4.78, 5) is 0. The first kappa shape index (κ1) is 26.1. The van der Waals surface area contributed by atoms with Gasteiger partial charge in [-0.1, -0.05) is 6.92 Å². The van der Waals surface area contributed by atoms with Gasteiger partial charge in [0.05, 0.1) is 32.0 Å². The second-order valence-electron chi connectivity index (χ2n) is 8.94. The molecule has 12 nitrogen and oxygen atoms in total. The van der Waals surface area contributed by atoms with Crippen molar-refractivity contribution in [2.45, 2.75) is 93.7 Å². The minimum atomic E-state index is -1.56. The largest absolute Gasteiger partial charge is 0.394 e. The molecule has 0 aromatic carbocycles. The number of ether oxygens (including phenoxy) is 5. The van der Waals surface area contributed by atoms with Crippen molar-refractivity contribution in [3.05, 3.63) is 0 Å². The summed E-state index contributed by atoms with van der Waals surface area (Å²) < 4.78 is 28.3. The van der Waals surface area contributed by atoms with Gasteiger partial charge in [-0.05, 0) is 19.3 Å². The highest BCUT2D eigenvalue weighted by molar-refractivity contribution is 4.96. The van der Waals surface area contributed by atoms with E-state index in [9.17, 15) is 35.7 Å². The van der Waals surface area contributed by atoms with E-state index in [4.69, 9.17) is 23.7 Å². The van der Waals surface area contributed by atoms with Crippen LogP contribution in [0.1, 0.15) is 20.3 Å². The van der Waals surface area contributed by atoms with Crippen molar-refractivity contribution in [3.8, 4) is 0 Å². The first-order valence-electron chi connectivity index (χ1n) is 11.0. The fourth-order valence-corrected chi connectivity index (χ4v) is 4.37. The second kappa shape index (κ2) is 11.3. The molecule has 7 N–H and O–H groups in total. The molecular formula is C20H36O12. The Morgan fingerprint density at radius 3 is 2.06 bits per heavy atom. The number of hydrogen-bond acceptors (Lipinski definition) is 12. The Labute approximate surface area is 186 Å². The maximum atomic E-state index is 10.7. The van der Waals surface area contributed by atoms with Crippen molar-refractivity contribution in [1.82, 2.24) is 0 Å². The summed E-state index contributed by atoms with van der Waals surface area (Å²) >= 11 is 0. The molecule has 3 rings (SSSR count). The molecule has 0 aromatic rings. The fourth-order valence-electron chi connectivity index (χ4n) is 4.37. The van der Waals surface area contributed by atoms with Gasteiger partial charge in [0.25, 0.3) is 0 Å². The summed E-state index contributed by atoms with van der Waals surface area (Å²) in [6, 6.07) is 0. The molecule has 0 spiro atoms. The summed E-state index contributed by atoms with van der Waals surface area (Å²) in [7, 11) is 0. The lowest BCUT2D eigenvalue weighted by atomic mass is 9.94. The minimum Gasteiger partial charge on any atom is -0.394 e. The standard InChI is InChI=1S/C20H36O12/c1-8-3-11(10(23)7-28-6-8)30-19-17(27)15(25)12(4-21)31-20(19)32-18-13(5-22)29-9(2)14(24)16(18)26/h8-27H,3-7H2,1-2H3. The van der Waals surface area contributed by atoms with Crippen LogP contribution in [0.25, 0.3) is 0 Å². The van der Waals surface area contributed by atoms with Crippen molar-refractivity contribution >= 4 is 0 Å². The van der Waals surface area contributed by atoms with Gasteiger partial charge in [0.2, 0.25) is 0 Å². The molecule has 0 saturated carbocycles. The summed E-state index contributed by atoms with van der Waals surface area (Å²) in [6.07, 6.45) is -14.2. The molecular weight excluding hydrogens is 432 g/mol. The van der Waals surface area contributed by atoms with E-state index < -0.39 is 86.6 Å². The zero-order valence-corrected chi connectivity index (χ0v) is 18.2. The zero-order valence-electron chi connectivity index (χ0n) is 18.2. The van der Waals surface area contributed by atoms with Gasteiger partial charge in [0, 0.05) is 6.61 Å². The normalized spacial score (nSPS) is 50.7. The van der Waals surface area contributed by atoms with Gasteiger partial charge in [0.15, 0.2) is 6.29 Å². The molecule has 3 aliphatic rings. The molecule has 0 amide bonds. The first-order chi connectivity index (χ1) is 15.2. The fraction of sp³-hybridized carbons (Fsp3) is 1.00. The molecule has 0 radical (unpaired) electrons. The third kappa shape index (κ3) is 5.59. The Morgan fingerprint density at radius 2 is 1.41 bits per heavy atom. The Hall–Kier alpha value is -0.480. The first-order valence-corrected chi connectivity index (χ1v) is 11.0. The lowest BCUT2D eigenvalue weighted by Gasteiger charge is -2.47.